The predicted octanol–water partition coefficient (Wildman–Crippen LogP) is 2.96. The summed E-state index contributed by atoms with van der Waals surface area (Å²) in [6.45, 7) is 4.16. The van der Waals surface area contributed by atoms with Crippen LogP contribution in [-0.2, 0) is 5.60 Å². The number of hydrogen-bond acceptors (Lipinski definition) is 2. The zero-order chi connectivity index (χ0) is 15.0. The predicted molar refractivity (Wildman–Crippen MR) is 68.3 cm³/mol. The number of nitrogens with two attached hydrogens (primary N) is 1. The van der Waals surface area contributed by atoms with E-state index in [-0.39, 0.29) is 16.8 Å². The zero-order valence-electron chi connectivity index (χ0n) is 11.0. The van der Waals surface area contributed by atoms with E-state index in [9.17, 15) is 18.3 Å². The van der Waals surface area contributed by atoms with Crippen LogP contribution in [-0.4, -0.2) is 11.3 Å². The van der Waals surface area contributed by atoms with Crippen molar-refractivity contribution in [1.29, 1.82) is 0 Å². The minimum Gasteiger partial charge on any atom is -0.397 e. The fourth-order valence-corrected chi connectivity index (χ4v) is 2.02. The minimum atomic E-state index is -4.84. The Labute approximate surface area is 110 Å². The molecule has 0 aromatic heterocycles. The maximum atomic E-state index is 13.2. The molecular formula is C14H16F3NO. The first-order chi connectivity index (χ1) is 8.55. The number of benzene rings is 1. The van der Waals surface area contributed by atoms with Gasteiger partial charge in [0.25, 0.3) is 0 Å². The van der Waals surface area contributed by atoms with Crippen LogP contribution in [0.4, 0.5) is 18.9 Å². The van der Waals surface area contributed by atoms with Gasteiger partial charge in [-0.2, -0.15) is 13.2 Å². The highest BCUT2D eigenvalue weighted by Crippen LogP contribution is 2.47. The summed E-state index contributed by atoms with van der Waals surface area (Å²) in [4.78, 5) is 0. The first-order valence-electron chi connectivity index (χ1n) is 5.72. The molecule has 0 aliphatic rings. The number of anilines is 1. The van der Waals surface area contributed by atoms with Gasteiger partial charge < -0.3 is 10.8 Å². The number of rotatable bonds is 2. The molecule has 0 heterocycles. The van der Waals surface area contributed by atoms with Gasteiger partial charge in [0.1, 0.15) is 0 Å². The fourth-order valence-electron chi connectivity index (χ4n) is 2.02. The number of aryl methyl sites for hydroxylation is 1. The summed E-state index contributed by atoms with van der Waals surface area (Å²) in [7, 11) is 0. The van der Waals surface area contributed by atoms with Crippen LogP contribution < -0.4 is 5.73 Å². The lowest BCUT2D eigenvalue weighted by Crippen LogP contribution is -2.47. The molecule has 1 aromatic carbocycles. The van der Waals surface area contributed by atoms with Crippen molar-refractivity contribution in [2.24, 2.45) is 5.92 Å². The lowest BCUT2D eigenvalue weighted by Gasteiger charge is -2.35. The molecule has 0 aliphatic carbocycles. The van der Waals surface area contributed by atoms with Crippen molar-refractivity contribution in [3.8, 4) is 12.3 Å². The van der Waals surface area contributed by atoms with E-state index in [0.717, 1.165) is 0 Å². The van der Waals surface area contributed by atoms with Crippen LogP contribution in [0.15, 0.2) is 12.1 Å². The molecule has 0 spiro atoms. The Balaban J connectivity index is 3.68. The molecule has 2 nitrogen and oxygen atoms in total. The van der Waals surface area contributed by atoms with E-state index in [0.29, 0.717) is 5.56 Å². The number of hydrogen-bond donors (Lipinski definition) is 2. The van der Waals surface area contributed by atoms with Crippen LogP contribution in [0.1, 0.15) is 30.5 Å². The summed E-state index contributed by atoms with van der Waals surface area (Å²) in [5.74, 6) is 1.14. The molecule has 0 saturated heterocycles. The Hall–Kier alpha value is -1.67. The van der Waals surface area contributed by atoms with E-state index in [1.165, 1.54) is 26.0 Å². The highest BCUT2D eigenvalue weighted by atomic mass is 19.4. The Kier molecular flexibility index (Phi) is 3.87. The summed E-state index contributed by atoms with van der Waals surface area (Å²) < 4.78 is 39.7. The number of alkyl halides is 3. The maximum absolute atomic E-state index is 13.2. The molecule has 104 valence electrons. The molecule has 1 aromatic rings. The van der Waals surface area contributed by atoms with Crippen LogP contribution in [0.2, 0.25) is 0 Å². The lowest BCUT2D eigenvalue weighted by atomic mass is 9.80. The van der Waals surface area contributed by atoms with Gasteiger partial charge in [-0.05, 0) is 24.5 Å². The molecule has 0 saturated carbocycles. The third kappa shape index (κ3) is 2.41. The third-order valence-corrected chi connectivity index (χ3v) is 3.16. The molecule has 0 amide bonds. The van der Waals surface area contributed by atoms with Crippen molar-refractivity contribution in [2.75, 3.05) is 5.73 Å². The Morgan fingerprint density at radius 2 is 1.84 bits per heavy atom. The highest BCUT2D eigenvalue weighted by Gasteiger charge is 2.57. The van der Waals surface area contributed by atoms with Gasteiger partial charge in [0.2, 0.25) is 0 Å². The van der Waals surface area contributed by atoms with Gasteiger partial charge in [-0.1, -0.05) is 25.8 Å². The number of terminal acetylenes is 1. The van der Waals surface area contributed by atoms with Gasteiger partial charge in [-0.15, -0.1) is 6.42 Å². The van der Waals surface area contributed by atoms with Gasteiger partial charge >= 0.3 is 6.18 Å². The summed E-state index contributed by atoms with van der Waals surface area (Å²) in [6, 6.07) is 2.74. The summed E-state index contributed by atoms with van der Waals surface area (Å²) in [6.07, 6.45) is 0.386. The van der Waals surface area contributed by atoms with Crippen molar-refractivity contribution in [3.05, 3.63) is 28.8 Å². The molecule has 1 atom stereocenters. The SMILES string of the molecule is C#Cc1cc(C)cc(C(O)(C(C)C)C(F)(F)F)c1N. The molecule has 1 rings (SSSR count). The molecule has 0 aliphatic heterocycles. The maximum Gasteiger partial charge on any atom is 0.421 e. The molecule has 3 N–H and O–H groups in total. The summed E-state index contributed by atoms with van der Waals surface area (Å²) in [5.41, 5.74) is 2.73. The highest BCUT2D eigenvalue weighted by molar-refractivity contribution is 5.63. The van der Waals surface area contributed by atoms with E-state index >= 15 is 0 Å². The first kappa shape index (κ1) is 15.4. The van der Waals surface area contributed by atoms with E-state index in [4.69, 9.17) is 12.2 Å². The number of halogens is 3. The van der Waals surface area contributed by atoms with Crippen LogP contribution in [0.5, 0.6) is 0 Å². The zero-order valence-corrected chi connectivity index (χ0v) is 11.0. The van der Waals surface area contributed by atoms with Gasteiger partial charge in [-0.3, -0.25) is 0 Å². The number of aliphatic hydroxyl groups is 1. The van der Waals surface area contributed by atoms with E-state index in [1.807, 2.05) is 0 Å². The summed E-state index contributed by atoms with van der Waals surface area (Å²) in [5, 5.41) is 10.1. The standard InChI is InChI=1S/C14H16F3NO/c1-5-10-6-9(4)7-11(12(10)18)13(19,8(2)3)14(15,16)17/h1,6-8,19H,18H2,2-4H3. The Morgan fingerprint density at radius 1 is 1.32 bits per heavy atom. The average Bonchev–Trinajstić information content (AvgIpc) is 2.28. The van der Waals surface area contributed by atoms with Crippen molar-refractivity contribution in [2.45, 2.75) is 32.5 Å². The molecule has 1 unspecified atom stereocenters. The molecule has 19 heavy (non-hydrogen) atoms. The smallest absolute Gasteiger partial charge is 0.397 e. The van der Waals surface area contributed by atoms with Crippen molar-refractivity contribution in [1.82, 2.24) is 0 Å². The van der Waals surface area contributed by atoms with Crippen LogP contribution in [0.3, 0.4) is 0 Å². The molecule has 0 radical (unpaired) electrons. The second-order valence-electron chi connectivity index (χ2n) is 4.84. The molecule has 0 fully saturated rings. The molecular weight excluding hydrogens is 255 g/mol. The summed E-state index contributed by atoms with van der Waals surface area (Å²) >= 11 is 0. The normalized spacial score (nSPS) is 15.1. The van der Waals surface area contributed by atoms with E-state index < -0.39 is 17.7 Å². The van der Waals surface area contributed by atoms with Crippen LogP contribution >= 0.6 is 0 Å². The first-order valence-corrected chi connectivity index (χ1v) is 5.72. The second kappa shape index (κ2) is 4.78. The average molecular weight is 271 g/mol. The van der Waals surface area contributed by atoms with Crippen molar-refractivity contribution >= 4 is 5.69 Å². The monoisotopic (exact) mass is 271 g/mol. The van der Waals surface area contributed by atoms with Crippen LogP contribution in [0.25, 0.3) is 0 Å². The Morgan fingerprint density at radius 3 is 2.21 bits per heavy atom. The largest absolute Gasteiger partial charge is 0.421 e. The quantitative estimate of drug-likeness (QED) is 0.641. The third-order valence-electron chi connectivity index (χ3n) is 3.16. The number of nitrogen functional groups attached to an aromatic ring is 1. The second-order valence-corrected chi connectivity index (χ2v) is 4.84. The van der Waals surface area contributed by atoms with E-state index in [2.05, 4.69) is 5.92 Å². The van der Waals surface area contributed by atoms with Gasteiger partial charge in [0.05, 0.1) is 5.69 Å². The Bertz CT molecular complexity index is 529. The van der Waals surface area contributed by atoms with Crippen molar-refractivity contribution < 1.29 is 18.3 Å². The van der Waals surface area contributed by atoms with Gasteiger partial charge in [0, 0.05) is 11.1 Å². The molecule has 5 heteroatoms. The van der Waals surface area contributed by atoms with Gasteiger partial charge in [-0.25, -0.2) is 0 Å². The van der Waals surface area contributed by atoms with Crippen molar-refractivity contribution in [3.63, 3.8) is 0 Å². The minimum absolute atomic E-state index is 0.151. The lowest BCUT2D eigenvalue weighted by molar-refractivity contribution is -0.282. The van der Waals surface area contributed by atoms with E-state index in [1.54, 1.807) is 6.92 Å². The van der Waals surface area contributed by atoms with Crippen LogP contribution in [0, 0.1) is 25.2 Å². The molecule has 0 bridgehead atoms. The fraction of sp³-hybridized carbons (Fsp3) is 0.429. The topological polar surface area (TPSA) is 46.2 Å². The van der Waals surface area contributed by atoms with Gasteiger partial charge in [0.15, 0.2) is 5.60 Å².